The Kier molecular flexibility index (Phi) is 6.23. The van der Waals surface area contributed by atoms with Gasteiger partial charge in [0.1, 0.15) is 0 Å². The van der Waals surface area contributed by atoms with Crippen LogP contribution in [-0.2, 0) is 9.53 Å². The topological polar surface area (TPSA) is 102 Å². The third-order valence-electron chi connectivity index (χ3n) is 4.74. The normalized spacial score (nSPS) is 13.4. The van der Waals surface area contributed by atoms with Crippen molar-refractivity contribution in [3.05, 3.63) is 75.8 Å². The summed E-state index contributed by atoms with van der Waals surface area (Å²) in [5.41, 5.74) is 2.50. The molecule has 0 radical (unpaired) electrons. The van der Waals surface area contributed by atoms with E-state index in [1.165, 1.54) is 17.7 Å². The quantitative estimate of drug-likeness (QED) is 0.458. The summed E-state index contributed by atoms with van der Waals surface area (Å²) in [6.45, 7) is 0.564. The second-order valence-electron chi connectivity index (χ2n) is 6.50. The van der Waals surface area contributed by atoms with Crippen molar-refractivity contribution in [2.24, 2.45) is 0 Å². The number of benzene rings is 2. The van der Waals surface area contributed by atoms with Crippen molar-refractivity contribution in [3.63, 3.8) is 0 Å². The number of nitrogens with one attached hydrogen (secondary N) is 1. The molecule has 3 rings (SSSR count). The molecular formula is C21H21N3O5. The smallest absolute Gasteiger partial charge is 0.341 e. The van der Waals surface area contributed by atoms with Gasteiger partial charge in [0, 0.05) is 38.0 Å². The Labute approximate surface area is 167 Å². The lowest BCUT2D eigenvalue weighted by Gasteiger charge is -2.26. The molecule has 150 valence electrons. The highest BCUT2D eigenvalue weighted by Crippen LogP contribution is 2.24. The lowest BCUT2D eigenvalue weighted by Crippen LogP contribution is -2.37. The number of ether oxygens (including phenoxy) is 1. The van der Waals surface area contributed by atoms with E-state index in [-0.39, 0.29) is 17.2 Å². The van der Waals surface area contributed by atoms with Gasteiger partial charge in [-0.2, -0.15) is 0 Å². The monoisotopic (exact) mass is 395 g/mol. The van der Waals surface area contributed by atoms with E-state index in [9.17, 15) is 19.7 Å². The van der Waals surface area contributed by atoms with Crippen LogP contribution in [0.2, 0.25) is 0 Å². The number of anilines is 1. The first-order valence-electron chi connectivity index (χ1n) is 9.15. The van der Waals surface area contributed by atoms with Gasteiger partial charge in [-0.15, -0.1) is 0 Å². The largest absolute Gasteiger partial charge is 0.452 e. The van der Waals surface area contributed by atoms with Crippen LogP contribution >= 0.6 is 0 Å². The van der Waals surface area contributed by atoms with E-state index in [1.807, 2.05) is 36.4 Å². The van der Waals surface area contributed by atoms with Gasteiger partial charge in [-0.1, -0.05) is 36.4 Å². The molecule has 0 atom stereocenters. The fraction of sp³-hybridized carbons (Fsp3) is 0.238. The van der Waals surface area contributed by atoms with E-state index in [0.717, 1.165) is 18.1 Å². The van der Waals surface area contributed by atoms with Crippen molar-refractivity contribution in [2.45, 2.75) is 6.42 Å². The fourth-order valence-electron chi connectivity index (χ4n) is 3.14. The Morgan fingerprint density at radius 1 is 1.21 bits per heavy atom. The molecule has 29 heavy (non-hydrogen) atoms. The molecule has 0 fully saturated rings. The molecule has 8 nitrogen and oxygen atoms in total. The highest BCUT2D eigenvalue weighted by molar-refractivity contribution is 5.97. The number of hydrogen-bond acceptors (Lipinski definition) is 6. The molecule has 1 amide bonds. The number of hydrogen-bond donors (Lipinski definition) is 1. The molecule has 1 aliphatic rings. The molecule has 2 aromatic carbocycles. The molecule has 1 N–H and O–H groups in total. The number of nitro groups is 1. The predicted molar refractivity (Wildman–Crippen MR) is 109 cm³/mol. The predicted octanol–water partition coefficient (Wildman–Crippen LogP) is 3.11. The fourth-order valence-corrected chi connectivity index (χ4v) is 3.14. The van der Waals surface area contributed by atoms with Crippen LogP contribution in [0.25, 0.3) is 5.57 Å². The van der Waals surface area contributed by atoms with Gasteiger partial charge >= 0.3 is 5.97 Å². The van der Waals surface area contributed by atoms with Crippen molar-refractivity contribution in [2.75, 3.05) is 32.1 Å². The molecule has 0 bridgehead atoms. The Morgan fingerprint density at radius 2 is 1.97 bits per heavy atom. The molecule has 2 aromatic rings. The van der Waals surface area contributed by atoms with E-state index in [4.69, 9.17) is 4.74 Å². The van der Waals surface area contributed by atoms with Gasteiger partial charge in [-0.05, 0) is 23.6 Å². The van der Waals surface area contributed by atoms with Gasteiger partial charge in [0.15, 0.2) is 6.61 Å². The number of rotatable bonds is 6. The highest BCUT2D eigenvalue weighted by atomic mass is 16.6. The Morgan fingerprint density at radius 3 is 2.59 bits per heavy atom. The van der Waals surface area contributed by atoms with Crippen molar-refractivity contribution >= 4 is 28.8 Å². The van der Waals surface area contributed by atoms with Crippen LogP contribution in [0.3, 0.4) is 0 Å². The maximum atomic E-state index is 12.4. The van der Waals surface area contributed by atoms with Gasteiger partial charge in [0.2, 0.25) is 0 Å². The third kappa shape index (κ3) is 4.78. The first-order chi connectivity index (χ1) is 14.0. The summed E-state index contributed by atoms with van der Waals surface area (Å²) in [7, 11) is 1.59. The number of esters is 1. The molecular weight excluding hydrogens is 374 g/mol. The summed E-state index contributed by atoms with van der Waals surface area (Å²) in [6.07, 6.45) is 2.72. The highest BCUT2D eigenvalue weighted by Gasteiger charge is 2.22. The number of amides is 1. The van der Waals surface area contributed by atoms with E-state index in [1.54, 1.807) is 11.9 Å². The maximum absolute atomic E-state index is 12.4. The minimum absolute atomic E-state index is 0.0133. The Hall–Kier alpha value is -3.68. The minimum atomic E-state index is -0.788. The Balaban J connectivity index is 1.60. The van der Waals surface area contributed by atoms with E-state index >= 15 is 0 Å². The summed E-state index contributed by atoms with van der Waals surface area (Å²) in [4.78, 5) is 36.7. The van der Waals surface area contributed by atoms with Gasteiger partial charge in [0.25, 0.3) is 11.6 Å². The first-order valence-corrected chi connectivity index (χ1v) is 9.15. The average Bonchev–Trinajstić information content (AvgIpc) is 2.77. The second-order valence-corrected chi connectivity index (χ2v) is 6.50. The van der Waals surface area contributed by atoms with Crippen molar-refractivity contribution in [1.29, 1.82) is 0 Å². The SMILES string of the molecule is CNc1ccc([N+](=O)[O-])cc1C(=O)OCC(=O)N1CC=C(c2ccccc2)CC1. The van der Waals surface area contributed by atoms with Gasteiger partial charge < -0.3 is 15.0 Å². The molecule has 0 spiro atoms. The van der Waals surface area contributed by atoms with Gasteiger partial charge in [-0.3, -0.25) is 14.9 Å². The zero-order valence-electron chi connectivity index (χ0n) is 16.0. The van der Waals surface area contributed by atoms with Crippen LogP contribution < -0.4 is 5.32 Å². The lowest BCUT2D eigenvalue weighted by molar-refractivity contribution is -0.384. The van der Waals surface area contributed by atoms with Crippen molar-refractivity contribution < 1.29 is 19.2 Å². The number of carbonyl (C=O) groups excluding carboxylic acids is 2. The van der Waals surface area contributed by atoms with E-state index in [0.29, 0.717) is 18.8 Å². The summed E-state index contributed by atoms with van der Waals surface area (Å²) in [6, 6.07) is 13.8. The van der Waals surface area contributed by atoms with Crippen LogP contribution in [-0.4, -0.2) is 48.4 Å². The minimum Gasteiger partial charge on any atom is -0.452 e. The summed E-state index contributed by atoms with van der Waals surface area (Å²) in [5, 5.41) is 13.7. The van der Waals surface area contributed by atoms with E-state index < -0.39 is 17.5 Å². The standard InChI is InChI=1S/C21H21N3O5/c1-22-19-8-7-17(24(27)28)13-18(19)21(26)29-14-20(25)23-11-9-16(10-12-23)15-5-3-2-4-6-15/h2-9,13,22H,10-12,14H2,1H3. The second kappa shape index (κ2) is 9.01. The molecule has 0 aliphatic carbocycles. The van der Waals surface area contributed by atoms with Gasteiger partial charge in [-0.25, -0.2) is 4.79 Å². The van der Waals surface area contributed by atoms with Crippen LogP contribution in [0, 0.1) is 10.1 Å². The lowest BCUT2D eigenvalue weighted by atomic mass is 10.00. The van der Waals surface area contributed by atoms with Crippen molar-refractivity contribution in [1.82, 2.24) is 4.90 Å². The molecule has 0 aromatic heterocycles. The third-order valence-corrected chi connectivity index (χ3v) is 4.74. The van der Waals surface area contributed by atoms with Crippen LogP contribution in [0.4, 0.5) is 11.4 Å². The number of nitrogens with zero attached hydrogens (tertiary/aromatic N) is 2. The molecule has 0 unspecified atom stereocenters. The van der Waals surface area contributed by atoms with E-state index in [2.05, 4.69) is 5.32 Å². The van der Waals surface area contributed by atoms with Crippen LogP contribution in [0.5, 0.6) is 0 Å². The van der Waals surface area contributed by atoms with Crippen LogP contribution in [0.1, 0.15) is 22.3 Å². The molecule has 0 saturated carbocycles. The summed E-state index contributed by atoms with van der Waals surface area (Å²) >= 11 is 0. The maximum Gasteiger partial charge on any atom is 0.341 e. The van der Waals surface area contributed by atoms with Gasteiger partial charge in [0.05, 0.1) is 10.5 Å². The molecule has 1 aliphatic heterocycles. The number of nitro benzene ring substituents is 1. The molecule has 8 heteroatoms. The first kappa shape index (κ1) is 20.1. The molecule has 1 heterocycles. The molecule has 0 saturated heterocycles. The average molecular weight is 395 g/mol. The number of non-ortho nitro benzene ring substituents is 1. The van der Waals surface area contributed by atoms with Crippen molar-refractivity contribution in [3.8, 4) is 0 Å². The zero-order valence-corrected chi connectivity index (χ0v) is 16.0. The summed E-state index contributed by atoms with van der Waals surface area (Å²) < 4.78 is 5.12. The number of carbonyl (C=O) groups is 2. The van der Waals surface area contributed by atoms with Crippen LogP contribution in [0.15, 0.2) is 54.6 Å². The summed E-state index contributed by atoms with van der Waals surface area (Å²) in [5.74, 6) is -1.10. The Bertz CT molecular complexity index is 956. The zero-order chi connectivity index (χ0) is 20.8.